The summed E-state index contributed by atoms with van der Waals surface area (Å²) in [6.07, 6.45) is 6.37. The quantitative estimate of drug-likeness (QED) is 0.513. The second-order valence-electron chi connectivity index (χ2n) is 7.33. The summed E-state index contributed by atoms with van der Waals surface area (Å²) in [5, 5.41) is 2.94. The maximum absolute atomic E-state index is 13.0. The number of hydrogen-bond donors (Lipinski definition) is 1. The van der Waals surface area contributed by atoms with Gasteiger partial charge in [0.1, 0.15) is 16.9 Å². The van der Waals surface area contributed by atoms with Crippen LogP contribution in [0.1, 0.15) is 76.1 Å². The standard InChI is InChI=1S/C22H33NO5/c1-5-16(3)28-19-12-11-17(15-18(19)20(24)27-6-2)23-21(25)22(26-4)13-9-7-8-10-14-22/h11-12,15-16H,5-10,13-14H2,1-4H3,(H,23,25)/t16-/m1/s1. The number of ether oxygens (including phenoxy) is 3. The Morgan fingerprint density at radius 2 is 1.82 bits per heavy atom. The molecule has 1 aliphatic rings. The fourth-order valence-corrected chi connectivity index (χ4v) is 3.45. The summed E-state index contributed by atoms with van der Waals surface area (Å²) in [6, 6.07) is 5.08. The largest absolute Gasteiger partial charge is 0.490 e. The van der Waals surface area contributed by atoms with Crippen molar-refractivity contribution in [2.24, 2.45) is 0 Å². The van der Waals surface area contributed by atoms with Crippen LogP contribution in [0, 0.1) is 0 Å². The number of carbonyl (C=O) groups is 2. The molecule has 28 heavy (non-hydrogen) atoms. The van der Waals surface area contributed by atoms with Crippen molar-refractivity contribution in [3.05, 3.63) is 23.8 Å². The van der Waals surface area contributed by atoms with Crippen molar-refractivity contribution >= 4 is 17.6 Å². The highest BCUT2D eigenvalue weighted by Gasteiger charge is 2.38. The van der Waals surface area contributed by atoms with Crippen molar-refractivity contribution in [1.82, 2.24) is 0 Å². The van der Waals surface area contributed by atoms with Crippen LogP contribution in [-0.2, 0) is 14.3 Å². The molecule has 0 heterocycles. The van der Waals surface area contributed by atoms with E-state index in [-0.39, 0.29) is 18.6 Å². The number of benzene rings is 1. The Hall–Kier alpha value is -2.08. The Labute approximate surface area is 167 Å². The number of anilines is 1. The van der Waals surface area contributed by atoms with E-state index in [2.05, 4.69) is 5.32 Å². The van der Waals surface area contributed by atoms with Gasteiger partial charge in [-0.3, -0.25) is 4.79 Å². The molecule has 1 N–H and O–H groups in total. The van der Waals surface area contributed by atoms with Gasteiger partial charge in [-0.25, -0.2) is 4.79 Å². The van der Waals surface area contributed by atoms with Crippen LogP contribution in [0.25, 0.3) is 0 Å². The predicted octanol–water partition coefficient (Wildman–Crippen LogP) is 4.72. The topological polar surface area (TPSA) is 73.9 Å². The van der Waals surface area contributed by atoms with E-state index < -0.39 is 11.6 Å². The van der Waals surface area contributed by atoms with Crippen LogP contribution in [0.2, 0.25) is 0 Å². The second-order valence-corrected chi connectivity index (χ2v) is 7.33. The SMILES string of the molecule is CCOC(=O)c1cc(NC(=O)C2(OC)CCCCCC2)ccc1O[C@H](C)CC. The van der Waals surface area contributed by atoms with E-state index in [4.69, 9.17) is 14.2 Å². The monoisotopic (exact) mass is 391 g/mol. The van der Waals surface area contributed by atoms with Gasteiger partial charge in [-0.2, -0.15) is 0 Å². The van der Waals surface area contributed by atoms with Gasteiger partial charge >= 0.3 is 5.97 Å². The maximum atomic E-state index is 13.0. The van der Waals surface area contributed by atoms with E-state index in [1.807, 2.05) is 13.8 Å². The third kappa shape index (κ3) is 5.47. The second kappa shape index (κ2) is 10.5. The highest BCUT2D eigenvalue weighted by molar-refractivity contribution is 5.99. The lowest BCUT2D eigenvalue weighted by Crippen LogP contribution is -2.44. The summed E-state index contributed by atoms with van der Waals surface area (Å²) in [5.74, 6) is -0.170. The molecular formula is C22H33NO5. The molecule has 0 bridgehead atoms. The zero-order valence-electron chi connectivity index (χ0n) is 17.5. The van der Waals surface area contributed by atoms with Crippen LogP contribution in [0.15, 0.2) is 18.2 Å². The molecule has 0 saturated heterocycles. The van der Waals surface area contributed by atoms with E-state index in [1.54, 1.807) is 32.2 Å². The van der Waals surface area contributed by atoms with Gasteiger partial charge in [0.15, 0.2) is 0 Å². The highest BCUT2D eigenvalue weighted by atomic mass is 16.5. The van der Waals surface area contributed by atoms with E-state index in [1.165, 1.54) is 0 Å². The predicted molar refractivity (Wildman–Crippen MR) is 109 cm³/mol. The van der Waals surface area contributed by atoms with Crippen LogP contribution in [0.5, 0.6) is 5.75 Å². The third-order valence-corrected chi connectivity index (χ3v) is 5.35. The first kappa shape index (κ1) is 22.2. The average molecular weight is 392 g/mol. The molecule has 1 saturated carbocycles. The number of amides is 1. The summed E-state index contributed by atoms with van der Waals surface area (Å²) in [7, 11) is 1.60. The summed E-state index contributed by atoms with van der Waals surface area (Å²) in [5.41, 5.74) is 0.0319. The van der Waals surface area contributed by atoms with Gasteiger partial charge in [0.05, 0.1) is 12.7 Å². The molecule has 156 valence electrons. The number of rotatable bonds is 8. The lowest BCUT2D eigenvalue weighted by Gasteiger charge is -2.30. The number of esters is 1. The minimum Gasteiger partial charge on any atom is -0.490 e. The lowest BCUT2D eigenvalue weighted by atomic mass is 9.93. The molecule has 1 atom stereocenters. The van der Waals surface area contributed by atoms with Crippen molar-refractivity contribution < 1.29 is 23.8 Å². The zero-order chi connectivity index (χ0) is 20.6. The molecule has 6 nitrogen and oxygen atoms in total. The molecule has 1 amide bonds. The molecule has 0 unspecified atom stereocenters. The first-order chi connectivity index (χ1) is 13.5. The minimum absolute atomic E-state index is 0.0311. The van der Waals surface area contributed by atoms with Crippen LogP contribution in [0.3, 0.4) is 0 Å². The average Bonchev–Trinajstić information content (AvgIpc) is 2.95. The molecular weight excluding hydrogens is 358 g/mol. The normalized spacial score (nSPS) is 17.3. The maximum Gasteiger partial charge on any atom is 0.341 e. The van der Waals surface area contributed by atoms with Crippen molar-refractivity contribution in [2.45, 2.75) is 77.4 Å². The van der Waals surface area contributed by atoms with Gasteiger partial charge in [-0.1, -0.05) is 32.6 Å². The van der Waals surface area contributed by atoms with Crippen LogP contribution in [-0.4, -0.2) is 37.3 Å². The fraction of sp³-hybridized carbons (Fsp3) is 0.636. The zero-order valence-corrected chi connectivity index (χ0v) is 17.5. The summed E-state index contributed by atoms with van der Waals surface area (Å²) in [4.78, 5) is 25.4. The molecule has 6 heteroatoms. The van der Waals surface area contributed by atoms with Gasteiger partial charge in [-0.15, -0.1) is 0 Å². The van der Waals surface area contributed by atoms with Crippen molar-refractivity contribution in [1.29, 1.82) is 0 Å². The van der Waals surface area contributed by atoms with Crippen molar-refractivity contribution in [3.63, 3.8) is 0 Å². The molecule has 1 aliphatic carbocycles. The summed E-state index contributed by atoms with van der Waals surface area (Å²) < 4.78 is 16.7. The van der Waals surface area contributed by atoms with E-state index in [0.29, 0.717) is 29.8 Å². The summed E-state index contributed by atoms with van der Waals surface area (Å²) in [6.45, 7) is 5.98. The number of hydrogen-bond acceptors (Lipinski definition) is 5. The lowest BCUT2D eigenvalue weighted by molar-refractivity contribution is -0.139. The molecule has 1 aromatic rings. The highest BCUT2D eigenvalue weighted by Crippen LogP contribution is 2.32. The Kier molecular flexibility index (Phi) is 8.30. The third-order valence-electron chi connectivity index (χ3n) is 5.35. The first-order valence-corrected chi connectivity index (χ1v) is 10.3. The fourth-order valence-electron chi connectivity index (χ4n) is 3.45. The molecule has 0 radical (unpaired) electrons. The van der Waals surface area contributed by atoms with Gasteiger partial charge in [0, 0.05) is 12.8 Å². The molecule has 1 aromatic carbocycles. The van der Waals surface area contributed by atoms with Crippen molar-refractivity contribution in [2.75, 3.05) is 19.0 Å². The Morgan fingerprint density at radius 1 is 1.14 bits per heavy atom. The van der Waals surface area contributed by atoms with E-state index in [0.717, 1.165) is 32.1 Å². The number of methoxy groups -OCH3 is 1. The summed E-state index contributed by atoms with van der Waals surface area (Å²) >= 11 is 0. The van der Waals surface area contributed by atoms with Gasteiger partial charge < -0.3 is 19.5 Å². The van der Waals surface area contributed by atoms with Gasteiger partial charge in [-0.05, 0) is 51.3 Å². The first-order valence-electron chi connectivity index (χ1n) is 10.3. The van der Waals surface area contributed by atoms with Gasteiger partial charge in [0.25, 0.3) is 5.91 Å². The van der Waals surface area contributed by atoms with E-state index in [9.17, 15) is 9.59 Å². The minimum atomic E-state index is -0.813. The van der Waals surface area contributed by atoms with E-state index >= 15 is 0 Å². The molecule has 1 fully saturated rings. The Bertz CT molecular complexity index is 665. The molecule has 0 aromatic heterocycles. The molecule has 2 rings (SSSR count). The number of nitrogens with one attached hydrogen (secondary N) is 1. The Balaban J connectivity index is 2.25. The van der Waals surface area contributed by atoms with Crippen LogP contribution in [0.4, 0.5) is 5.69 Å². The Morgan fingerprint density at radius 3 is 2.39 bits per heavy atom. The van der Waals surface area contributed by atoms with Crippen LogP contribution >= 0.6 is 0 Å². The van der Waals surface area contributed by atoms with Crippen molar-refractivity contribution in [3.8, 4) is 5.75 Å². The smallest absolute Gasteiger partial charge is 0.341 e. The van der Waals surface area contributed by atoms with Crippen LogP contribution < -0.4 is 10.1 Å². The number of carbonyl (C=O) groups excluding carboxylic acids is 2. The molecule has 0 aliphatic heterocycles. The van der Waals surface area contributed by atoms with Gasteiger partial charge in [0.2, 0.25) is 0 Å². The molecule has 0 spiro atoms.